The van der Waals surface area contributed by atoms with Gasteiger partial charge in [0.2, 0.25) is 5.91 Å². The Morgan fingerprint density at radius 2 is 2.05 bits per heavy atom. The van der Waals surface area contributed by atoms with Crippen LogP contribution >= 0.6 is 0 Å². The van der Waals surface area contributed by atoms with Crippen LogP contribution in [0.15, 0.2) is 24.3 Å². The van der Waals surface area contributed by atoms with E-state index in [0.717, 1.165) is 6.42 Å². The van der Waals surface area contributed by atoms with Gasteiger partial charge in [0.05, 0.1) is 0 Å². The summed E-state index contributed by atoms with van der Waals surface area (Å²) in [7, 11) is 0. The molecular formula is C15H16N2O4. The summed E-state index contributed by atoms with van der Waals surface area (Å²) < 4.78 is 0. The number of anilines is 1. The van der Waals surface area contributed by atoms with E-state index < -0.39 is 17.4 Å². The average Bonchev–Trinajstić information content (AvgIpc) is 3.13. The van der Waals surface area contributed by atoms with Crippen LogP contribution in [0.3, 0.4) is 0 Å². The van der Waals surface area contributed by atoms with Crippen molar-refractivity contribution in [3.05, 3.63) is 29.8 Å². The molecule has 1 heterocycles. The lowest BCUT2D eigenvalue weighted by molar-refractivity contribution is -0.140. The number of rotatable bonds is 4. The second-order valence-electron chi connectivity index (χ2n) is 5.54. The summed E-state index contributed by atoms with van der Waals surface area (Å²) in [4.78, 5) is 36.7. The number of carbonyl (C=O) groups is 3. The molecule has 6 heteroatoms. The lowest BCUT2D eigenvalue weighted by Gasteiger charge is -2.17. The Morgan fingerprint density at radius 3 is 2.62 bits per heavy atom. The van der Waals surface area contributed by atoms with Crippen LogP contribution in [0.1, 0.15) is 36.0 Å². The van der Waals surface area contributed by atoms with Crippen molar-refractivity contribution in [1.82, 2.24) is 5.32 Å². The van der Waals surface area contributed by atoms with E-state index in [1.54, 1.807) is 29.2 Å². The zero-order chi connectivity index (χ0) is 15.0. The summed E-state index contributed by atoms with van der Waals surface area (Å²) in [6, 6.07) is 6.74. The minimum atomic E-state index is -1.10. The molecule has 2 amide bonds. The molecule has 6 nitrogen and oxygen atoms in total. The van der Waals surface area contributed by atoms with Crippen molar-refractivity contribution in [2.75, 3.05) is 11.4 Å². The first-order valence-corrected chi connectivity index (χ1v) is 6.98. The number of hydrogen-bond acceptors (Lipinski definition) is 3. The highest BCUT2D eigenvalue weighted by Gasteiger charge is 2.51. The van der Waals surface area contributed by atoms with E-state index in [9.17, 15) is 14.4 Å². The predicted octanol–water partition coefficient (Wildman–Crippen LogP) is 1.16. The Morgan fingerprint density at radius 1 is 1.29 bits per heavy atom. The quantitative estimate of drug-likeness (QED) is 0.870. The highest BCUT2D eigenvalue weighted by Crippen LogP contribution is 2.36. The van der Waals surface area contributed by atoms with Gasteiger partial charge in [-0.05, 0) is 37.5 Å². The fourth-order valence-corrected chi connectivity index (χ4v) is 2.54. The Balaban J connectivity index is 1.78. The number of benzene rings is 1. The minimum Gasteiger partial charge on any atom is -0.480 e. The first-order chi connectivity index (χ1) is 10.0. The molecule has 1 saturated carbocycles. The maximum Gasteiger partial charge on any atom is 0.329 e. The fourth-order valence-electron chi connectivity index (χ4n) is 2.54. The Kier molecular flexibility index (Phi) is 3.16. The predicted molar refractivity (Wildman–Crippen MR) is 75.1 cm³/mol. The summed E-state index contributed by atoms with van der Waals surface area (Å²) >= 11 is 0. The van der Waals surface area contributed by atoms with Crippen LogP contribution in [0.5, 0.6) is 0 Å². The standard InChI is InChI=1S/C15H16N2O4/c18-12-5-2-8-17(12)11-4-1-3-10(9-11)13(19)16-15(6-7-15)14(20)21/h1,3-4,9H,2,5-8H2,(H,16,19)(H,20,21). The zero-order valence-electron chi connectivity index (χ0n) is 11.5. The molecule has 0 bridgehead atoms. The van der Waals surface area contributed by atoms with Gasteiger partial charge >= 0.3 is 5.97 Å². The van der Waals surface area contributed by atoms with Crippen molar-refractivity contribution >= 4 is 23.5 Å². The fraction of sp³-hybridized carbons (Fsp3) is 0.400. The number of carboxylic acid groups (broad SMARTS) is 1. The molecule has 0 aromatic heterocycles. The lowest BCUT2D eigenvalue weighted by atomic mass is 10.1. The van der Waals surface area contributed by atoms with Crippen LogP contribution in [0.25, 0.3) is 0 Å². The third-order valence-corrected chi connectivity index (χ3v) is 4.01. The molecule has 21 heavy (non-hydrogen) atoms. The molecule has 1 saturated heterocycles. The summed E-state index contributed by atoms with van der Waals surface area (Å²) in [6.07, 6.45) is 2.26. The van der Waals surface area contributed by atoms with Crippen LogP contribution in [-0.4, -0.2) is 35.0 Å². The molecule has 0 spiro atoms. The monoisotopic (exact) mass is 288 g/mol. The second-order valence-corrected chi connectivity index (χ2v) is 5.54. The van der Waals surface area contributed by atoms with Crippen LogP contribution < -0.4 is 10.2 Å². The van der Waals surface area contributed by atoms with Crippen LogP contribution in [0.4, 0.5) is 5.69 Å². The lowest BCUT2D eigenvalue weighted by Crippen LogP contribution is -2.43. The van der Waals surface area contributed by atoms with Crippen molar-refractivity contribution in [3.63, 3.8) is 0 Å². The van der Waals surface area contributed by atoms with Crippen LogP contribution in [0.2, 0.25) is 0 Å². The maximum atomic E-state index is 12.2. The number of nitrogens with one attached hydrogen (secondary N) is 1. The van der Waals surface area contributed by atoms with E-state index in [1.165, 1.54) is 0 Å². The van der Waals surface area contributed by atoms with Gasteiger partial charge in [-0.3, -0.25) is 9.59 Å². The van der Waals surface area contributed by atoms with Crippen molar-refractivity contribution in [1.29, 1.82) is 0 Å². The molecule has 1 aliphatic heterocycles. The van der Waals surface area contributed by atoms with E-state index in [2.05, 4.69) is 5.32 Å². The molecular weight excluding hydrogens is 272 g/mol. The van der Waals surface area contributed by atoms with Gasteiger partial charge in [-0.2, -0.15) is 0 Å². The number of carbonyl (C=O) groups excluding carboxylic acids is 2. The van der Waals surface area contributed by atoms with Gasteiger partial charge in [-0.1, -0.05) is 6.07 Å². The normalized spacial score (nSPS) is 19.4. The smallest absolute Gasteiger partial charge is 0.329 e. The molecule has 1 aliphatic carbocycles. The Bertz CT molecular complexity index is 622. The van der Waals surface area contributed by atoms with E-state index in [-0.39, 0.29) is 5.91 Å². The highest BCUT2D eigenvalue weighted by atomic mass is 16.4. The average molecular weight is 288 g/mol. The van der Waals surface area contributed by atoms with Gasteiger partial charge in [0.25, 0.3) is 5.91 Å². The van der Waals surface area contributed by atoms with Gasteiger partial charge < -0.3 is 15.3 Å². The molecule has 2 aliphatic rings. The van der Waals surface area contributed by atoms with Crippen molar-refractivity contribution in [3.8, 4) is 0 Å². The Hall–Kier alpha value is -2.37. The first-order valence-electron chi connectivity index (χ1n) is 6.98. The molecule has 1 aromatic carbocycles. The first kappa shape index (κ1) is 13.6. The Labute approximate surface area is 121 Å². The third kappa shape index (κ3) is 2.49. The minimum absolute atomic E-state index is 0.0526. The van der Waals surface area contributed by atoms with Gasteiger partial charge in [-0.15, -0.1) is 0 Å². The number of hydrogen-bond donors (Lipinski definition) is 2. The largest absolute Gasteiger partial charge is 0.480 e. The van der Waals surface area contributed by atoms with Gasteiger partial charge in [0.15, 0.2) is 0 Å². The van der Waals surface area contributed by atoms with E-state index in [0.29, 0.717) is 37.1 Å². The van der Waals surface area contributed by atoms with E-state index in [1.807, 2.05) is 0 Å². The zero-order valence-corrected chi connectivity index (χ0v) is 11.5. The summed E-state index contributed by atoms with van der Waals surface area (Å²) in [5, 5.41) is 11.7. The van der Waals surface area contributed by atoms with E-state index >= 15 is 0 Å². The number of amides is 2. The SMILES string of the molecule is O=C(NC1(C(=O)O)CC1)c1cccc(N2CCCC2=O)c1. The molecule has 0 unspecified atom stereocenters. The molecule has 0 radical (unpaired) electrons. The van der Waals surface area contributed by atoms with Crippen LogP contribution in [-0.2, 0) is 9.59 Å². The molecule has 110 valence electrons. The highest BCUT2D eigenvalue weighted by molar-refractivity contribution is 6.01. The molecule has 3 rings (SSSR count). The number of aliphatic carboxylic acids is 1. The van der Waals surface area contributed by atoms with Gasteiger partial charge in [-0.25, -0.2) is 4.79 Å². The van der Waals surface area contributed by atoms with E-state index in [4.69, 9.17) is 5.11 Å². The molecule has 2 fully saturated rings. The van der Waals surface area contributed by atoms with Crippen LogP contribution in [0, 0.1) is 0 Å². The number of carboxylic acids is 1. The van der Waals surface area contributed by atoms with Crippen molar-refractivity contribution in [2.45, 2.75) is 31.2 Å². The summed E-state index contributed by atoms with van der Waals surface area (Å²) in [5.41, 5.74) is -0.0404. The van der Waals surface area contributed by atoms with Gasteiger partial charge in [0, 0.05) is 24.2 Å². The van der Waals surface area contributed by atoms with Crippen molar-refractivity contribution in [2.24, 2.45) is 0 Å². The third-order valence-electron chi connectivity index (χ3n) is 4.01. The molecule has 1 aromatic rings. The second kappa shape index (κ2) is 4.87. The molecule has 0 atom stereocenters. The van der Waals surface area contributed by atoms with Gasteiger partial charge in [0.1, 0.15) is 5.54 Å². The van der Waals surface area contributed by atoms with Crippen molar-refractivity contribution < 1.29 is 19.5 Å². The molecule has 2 N–H and O–H groups in total. The summed E-state index contributed by atoms with van der Waals surface area (Å²) in [5.74, 6) is -1.36. The number of nitrogens with zero attached hydrogens (tertiary/aromatic N) is 1. The topological polar surface area (TPSA) is 86.7 Å². The maximum absolute atomic E-state index is 12.2. The summed E-state index contributed by atoms with van der Waals surface area (Å²) in [6.45, 7) is 0.656.